The number of nitrogens with one attached hydrogen (secondary N) is 1. The van der Waals surface area contributed by atoms with E-state index in [4.69, 9.17) is 5.11 Å². The maximum Gasteiger partial charge on any atom is 0.338 e. The number of carboxylic acids is 1. The van der Waals surface area contributed by atoms with Gasteiger partial charge in [-0.15, -0.1) is 0 Å². The summed E-state index contributed by atoms with van der Waals surface area (Å²) in [6, 6.07) is 4.06. The number of rotatable bonds is 6. The van der Waals surface area contributed by atoms with Crippen molar-refractivity contribution in [1.82, 2.24) is 0 Å². The molecule has 0 saturated carbocycles. The largest absolute Gasteiger partial charge is 0.478 e. The molecule has 0 aromatic heterocycles. The van der Waals surface area contributed by atoms with Crippen LogP contribution in [0.2, 0.25) is 0 Å². The van der Waals surface area contributed by atoms with Gasteiger partial charge in [0.05, 0.1) is 5.56 Å². The number of benzene rings is 1. The second kappa shape index (κ2) is 6.23. The van der Waals surface area contributed by atoms with Crippen molar-refractivity contribution in [2.75, 3.05) is 11.9 Å². The Kier molecular flexibility index (Phi) is 4.94. The van der Waals surface area contributed by atoms with Crippen molar-refractivity contribution >= 4 is 11.7 Å². The highest BCUT2D eigenvalue weighted by Gasteiger charge is 2.10. The van der Waals surface area contributed by atoms with Crippen LogP contribution in [0.15, 0.2) is 18.2 Å². The molecule has 0 heterocycles. The summed E-state index contributed by atoms with van der Waals surface area (Å²) in [5, 5.41) is 11.9. The fourth-order valence-corrected chi connectivity index (χ4v) is 1.69. The van der Waals surface area contributed by atoms with E-state index < -0.39 is 11.8 Å². The van der Waals surface area contributed by atoms with Crippen LogP contribution in [0, 0.1) is 11.7 Å². The molecule has 2 N–H and O–H groups in total. The van der Waals surface area contributed by atoms with Gasteiger partial charge in [0.15, 0.2) is 0 Å². The normalized spacial score (nSPS) is 12.2. The first-order chi connectivity index (χ1) is 8.04. The molecule has 1 aromatic carbocycles. The highest BCUT2D eigenvalue weighted by molar-refractivity contribution is 5.89. The Morgan fingerprint density at radius 1 is 1.53 bits per heavy atom. The number of hydrogen-bond acceptors (Lipinski definition) is 2. The molecular formula is C13H18FNO2. The lowest BCUT2D eigenvalue weighted by molar-refractivity contribution is 0.0692. The van der Waals surface area contributed by atoms with E-state index in [-0.39, 0.29) is 5.56 Å². The summed E-state index contributed by atoms with van der Waals surface area (Å²) in [5.74, 6) is -1.43. The van der Waals surface area contributed by atoms with Gasteiger partial charge in [0.1, 0.15) is 5.82 Å². The third-order valence-corrected chi connectivity index (χ3v) is 2.63. The van der Waals surface area contributed by atoms with E-state index in [2.05, 4.69) is 19.2 Å². The van der Waals surface area contributed by atoms with E-state index in [1.54, 1.807) is 6.07 Å². The molecule has 0 fully saturated rings. The molecule has 1 rings (SSSR count). The van der Waals surface area contributed by atoms with Crippen LogP contribution in [-0.4, -0.2) is 17.6 Å². The Bertz CT molecular complexity index is 393. The molecule has 1 unspecified atom stereocenters. The Balaban J connectivity index is 2.66. The van der Waals surface area contributed by atoms with Gasteiger partial charge in [-0.2, -0.15) is 0 Å². The van der Waals surface area contributed by atoms with Gasteiger partial charge < -0.3 is 10.4 Å². The van der Waals surface area contributed by atoms with Crippen molar-refractivity contribution in [2.45, 2.75) is 26.7 Å². The number of carbonyl (C=O) groups is 1. The van der Waals surface area contributed by atoms with Crippen molar-refractivity contribution in [2.24, 2.45) is 5.92 Å². The van der Waals surface area contributed by atoms with Gasteiger partial charge in [0.2, 0.25) is 0 Å². The van der Waals surface area contributed by atoms with E-state index in [0.717, 1.165) is 19.4 Å². The average Bonchev–Trinajstić information content (AvgIpc) is 2.28. The minimum absolute atomic E-state index is 0.293. The molecule has 0 saturated heterocycles. The maximum atomic E-state index is 13.1. The van der Waals surface area contributed by atoms with E-state index in [9.17, 15) is 9.18 Å². The quantitative estimate of drug-likeness (QED) is 0.800. The zero-order chi connectivity index (χ0) is 12.8. The molecular weight excluding hydrogens is 221 g/mol. The molecule has 0 aliphatic carbocycles. The van der Waals surface area contributed by atoms with Crippen molar-refractivity contribution < 1.29 is 14.3 Å². The number of anilines is 1. The average molecular weight is 239 g/mol. The third-order valence-electron chi connectivity index (χ3n) is 2.63. The second-order valence-corrected chi connectivity index (χ2v) is 4.27. The minimum Gasteiger partial charge on any atom is -0.478 e. The number of hydrogen-bond donors (Lipinski definition) is 2. The second-order valence-electron chi connectivity index (χ2n) is 4.27. The smallest absolute Gasteiger partial charge is 0.338 e. The summed E-state index contributed by atoms with van der Waals surface area (Å²) < 4.78 is 13.1. The lowest BCUT2D eigenvalue weighted by atomic mass is 10.1. The Labute approximate surface area is 101 Å². The molecule has 0 bridgehead atoms. The van der Waals surface area contributed by atoms with Crippen LogP contribution < -0.4 is 5.32 Å². The third kappa shape index (κ3) is 4.06. The molecule has 0 aliphatic rings. The molecule has 3 nitrogen and oxygen atoms in total. The fourth-order valence-electron chi connectivity index (χ4n) is 1.69. The molecule has 0 aliphatic heterocycles. The molecule has 1 atom stereocenters. The van der Waals surface area contributed by atoms with E-state index >= 15 is 0 Å². The van der Waals surface area contributed by atoms with Crippen LogP contribution in [0.4, 0.5) is 10.1 Å². The Morgan fingerprint density at radius 3 is 2.82 bits per heavy atom. The van der Waals surface area contributed by atoms with Gasteiger partial charge in [0, 0.05) is 12.2 Å². The van der Waals surface area contributed by atoms with Crippen molar-refractivity contribution in [1.29, 1.82) is 0 Å². The molecule has 0 amide bonds. The molecule has 0 spiro atoms. The summed E-state index contributed by atoms with van der Waals surface area (Å²) in [4.78, 5) is 10.7. The van der Waals surface area contributed by atoms with Crippen LogP contribution in [-0.2, 0) is 0 Å². The number of aromatic carboxylic acids is 1. The highest BCUT2D eigenvalue weighted by Crippen LogP contribution is 2.16. The summed E-state index contributed by atoms with van der Waals surface area (Å²) in [6.45, 7) is 5.01. The van der Waals surface area contributed by atoms with Gasteiger partial charge in [-0.1, -0.05) is 20.3 Å². The molecule has 0 radical (unpaired) electrons. The van der Waals surface area contributed by atoms with Crippen LogP contribution in [0.5, 0.6) is 0 Å². The van der Waals surface area contributed by atoms with Gasteiger partial charge in [-0.25, -0.2) is 9.18 Å². The number of carboxylic acid groups (broad SMARTS) is 1. The summed E-state index contributed by atoms with van der Waals surface area (Å²) in [6.07, 6.45) is 2.23. The van der Waals surface area contributed by atoms with Crippen LogP contribution in [0.3, 0.4) is 0 Å². The van der Waals surface area contributed by atoms with E-state index in [1.807, 2.05) is 0 Å². The van der Waals surface area contributed by atoms with Gasteiger partial charge >= 0.3 is 5.97 Å². The highest BCUT2D eigenvalue weighted by atomic mass is 19.1. The van der Waals surface area contributed by atoms with Crippen molar-refractivity contribution in [3.05, 3.63) is 29.6 Å². The zero-order valence-corrected chi connectivity index (χ0v) is 10.2. The topological polar surface area (TPSA) is 49.3 Å². The first-order valence-corrected chi connectivity index (χ1v) is 5.81. The Morgan fingerprint density at radius 2 is 2.24 bits per heavy atom. The molecule has 4 heteroatoms. The van der Waals surface area contributed by atoms with Crippen molar-refractivity contribution in [3.63, 3.8) is 0 Å². The lowest BCUT2D eigenvalue weighted by Gasteiger charge is -2.13. The first kappa shape index (κ1) is 13.5. The summed E-state index contributed by atoms with van der Waals surface area (Å²) in [7, 11) is 0. The summed E-state index contributed by atoms with van der Waals surface area (Å²) in [5.41, 5.74) is 0.352. The predicted octanol–water partition coefficient (Wildman–Crippen LogP) is 3.37. The standard InChI is InChI=1S/C13H18FNO2/c1-3-4-9(2)8-15-10-5-6-12(14)11(7-10)13(16)17/h5-7,9,15H,3-4,8H2,1-2H3,(H,16,17). The molecule has 1 aromatic rings. The Hall–Kier alpha value is -1.58. The van der Waals surface area contributed by atoms with Gasteiger partial charge in [-0.05, 0) is 30.5 Å². The van der Waals surface area contributed by atoms with Gasteiger partial charge in [0.25, 0.3) is 0 Å². The molecule has 94 valence electrons. The summed E-state index contributed by atoms with van der Waals surface area (Å²) >= 11 is 0. The monoisotopic (exact) mass is 239 g/mol. The SMILES string of the molecule is CCCC(C)CNc1ccc(F)c(C(=O)O)c1. The predicted molar refractivity (Wildman–Crippen MR) is 65.9 cm³/mol. The van der Waals surface area contributed by atoms with Crippen LogP contribution in [0.1, 0.15) is 37.0 Å². The van der Waals surface area contributed by atoms with Crippen LogP contribution in [0.25, 0.3) is 0 Å². The van der Waals surface area contributed by atoms with Crippen molar-refractivity contribution in [3.8, 4) is 0 Å². The van der Waals surface area contributed by atoms with Gasteiger partial charge in [-0.3, -0.25) is 0 Å². The zero-order valence-electron chi connectivity index (χ0n) is 10.2. The minimum atomic E-state index is -1.24. The lowest BCUT2D eigenvalue weighted by Crippen LogP contribution is -2.11. The van der Waals surface area contributed by atoms with Crippen LogP contribution >= 0.6 is 0 Å². The fraction of sp³-hybridized carbons (Fsp3) is 0.462. The maximum absolute atomic E-state index is 13.1. The van der Waals surface area contributed by atoms with E-state index in [0.29, 0.717) is 11.6 Å². The first-order valence-electron chi connectivity index (χ1n) is 5.81. The number of halogens is 1. The molecule has 17 heavy (non-hydrogen) atoms. The van der Waals surface area contributed by atoms with E-state index in [1.165, 1.54) is 12.1 Å².